The van der Waals surface area contributed by atoms with Crippen molar-refractivity contribution in [2.75, 3.05) is 6.61 Å². The Morgan fingerprint density at radius 2 is 2.00 bits per heavy atom. The minimum absolute atomic E-state index is 0.130. The minimum Gasteiger partial charge on any atom is -0.396 e. The van der Waals surface area contributed by atoms with Gasteiger partial charge < -0.3 is 9.67 Å². The Kier molecular flexibility index (Phi) is 3.41. The number of rotatable bonds is 3. The molecule has 1 N–H and O–H groups in total. The van der Waals surface area contributed by atoms with Gasteiger partial charge in [0.1, 0.15) is 5.82 Å². The van der Waals surface area contributed by atoms with Crippen molar-refractivity contribution < 1.29 is 5.11 Å². The molecule has 0 saturated carbocycles. The van der Waals surface area contributed by atoms with E-state index in [2.05, 4.69) is 20.9 Å². The Balaban J connectivity index is 2.33. The lowest BCUT2D eigenvalue weighted by atomic mass is 10.2. The topological polar surface area (TPSA) is 38.0 Å². The molecular weight excluding hydrogens is 268 g/mol. The minimum atomic E-state index is 0.130. The Morgan fingerprint density at radius 1 is 1.31 bits per heavy atom. The third-order valence-corrected chi connectivity index (χ3v) is 2.98. The first kappa shape index (κ1) is 11.4. The maximum absolute atomic E-state index is 8.90. The van der Waals surface area contributed by atoms with Crippen molar-refractivity contribution in [3.8, 4) is 11.3 Å². The zero-order chi connectivity index (χ0) is 11.5. The molecule has 0 aliphatic carbocycles. The number of aromatic nitrogens is 2. The van der Waals surface area contributed by atoms with E-state index in [0.29, 0.717) is 6.42 Å². The molecule has 3 nitrogen and oxygen atoms in total. The summed E-state index contributed by atoms with van der Waals surface area (Å²) in [7, 11) is 1.94. The number of aliphatic hydroxyl groups is 1. The monoisotopic (exact) mass is 280 g/mol. The van der Waals surface area contributed by atoms with E-state index in [1.54, 1.807) is 0 Å². The molecule has 0 saturated heterocycles. The van der Waals surface area contributed by atoms with Gasteiger partial charge in [-0.3, -0.25) is 0 Å². The van der Waals surface area contributed by atoms with Crippen molar-refractivity contribution in [1.82, 2.24) is 9.55 Å². The van der Waals surface area contributed by atoms with Crippen LogP contribution in [0.3, 0.4) is 0 Å². The van der Waals surface area contributed by atoms with Gasteiger partial charge in [-0.1, -0.05) is 28.1 Å². The summed E-state index contributed by atoms with van der Waals surface area (Å²) in [4.78, 5) is 4.49. The molecule has 0 bridgehead atoms. The fraction of sp³-hybridized carbons (Fsp3) is 0.250. The Labute approximate surface area is 103 Å². The molecule has 0 fully saturated rings. The molecule has 1 heterocycles. The standard InChI is InChI=1S/C12H13BrN2O/c1-15-8-11(14-12(15)6-7-16)9-2-4-10(13)5-3-9/h2-5,8,16H,6-7H2,1H3. The lowest BCUT2D eigenvalue weighted by Crippen LogP contribution is -1.99. The third-order valence-electron chi connectivity index (χ3n) is 2.45. The Morgan fingerprint density at radius 3 is 2.62 bits per heavy atom. The van der Waals surface area contributed by atoms with Gasteiger partial charge in [-0.2, -0.15) is 0 Å². The van der Waals surface area contributed by atoms with Crippen LogP contribution in [0, 0.1) is 0 Å². The molecule has 16 heavy (non-hydrogen) atoms. The van der Waals surface area contributed by atoms with Gasteiger partial charge in [0.05, 0.1) is 12.3 Å². The van der Waals surface area contributed by atoms with Gasteiger partial charge in [-0.25, -0.2) is 4.98 Å². The van der Waals surface area contributed by atoms with Crippen LogP contribution in [0.15, 0.2) is 34.9 Å². The molecule has 0 spiro atoms. The summed E-state index contributed by atoms with van der Waals surface area (Å²) in [5, 5.41) is 8.90. The van der Waals surface area contributed by atoms with E-state index in [4.69, 9.17) is 5.11 Å². The summed E-state index contributed by atoms with van der Waals surface area (Å²) in [6.07, 6.45) is 2.57. The highest BCUT2D eigenvalue weighted by Crippen LogP contribution is 2.20. The summed E-state index contributed by atoms with van der Waals surface area (Å²) >= 11 is 3.40. The number of benzene rings is 1. The van der Waals surface area contributed by atoms with Crippen LogP contribution in [0.25, 0.3) is 11.3 Å². The van der Waals surface area contributed by atoms with E-state index in [1.807, 2.05) is 42.1 Å². The highest BCUT2D eigenvalue weighted by molar-refractivity contribution is 9.10. The van der Waals surface area contributed by atoms with Crippen molar-refractivity contribution >= 4 is 15.9 Å². The van der Waals surface area contributed by atoms with E-state index in [1.165, 1.54) is 0 Å². The van der Waals surface area contributed by atoms with Crippen molar-refractivity contribution in [3.05, 3.63) is 40.8 Å². The average Bonchev–Trinajstić information content (AvgIpc) is 2.62. The SMILES string of the molecule is Cn1cc(-c2ccc(Br)cc2)nc1CCO. The van der Waals surface area contributed by atoms with E-state index in [9.17, 15) is 0 Å². The van der Waals surface area contributed by atoms with Crippen molar-refractivity contribution in [3.63, 3.8) is 0 Å². The van der Waals surface area contributed by atoms with Gasteiger partial charge in [0.2, 0.25) is 0 Å². The van der Waals surface area contributed by atoms with Crippen LogP contribution >= 0.6 is 15.9 Å². The summed E-state index contributed by atoms with van der Waals surface area (Å²) in [5.74, 6) is 0.903. The highest BCUT2D eigenvalue weighted by Gasteiger charge is 2.06. The second-order valence-corrected chi connectivity index (χ2v) is 4.55. The third kappa shape index (κ3) is 2.33. The molecule has 2 aromatic rings. The number of nitrogens with zero attached hydrogens (tertiary/aromatic N) is 2. The summed E-state index contributed by atoms with van der Waals surface area (Å²) in [6.45, 7) is 0.130. The molecule has 0 unspecified atom stereocenters. The van der Waals surface area contributed by atoms with Crippen LogP contribution in [0.2, 0.25) is 0 Å². The van der Waals surface area contributed by atoms with Crippen molar-refractivity contribution in [2.45, 2.75) is 6.42 Å². The van der Waals surface area contributed by atoms with Gasteiger partial charge >= 0.3 is 0 Å². The molecule has 84 valence electrons. The van der Waals surface area contributed by atoms with Crippen LogP contribution in [-0.2, 0) is 13.5 Å². The van der Waals surface area contributed by atoms with Crippen LogP contribution in [-0.4, -0.2) is 21.3 Å². The highest BCUT2D eigenvalue weighted by atomic mass is 79.9. The second kappa shape index (κ2) is 4.80. The largest absolute Gasteiger partial charge is 0.396 e. The van der Waals surface area contributed by atoms with E-state index in [0.717, 1.165) is 21.6 Å². The number of aryl methyl sites for hydroxylation is 1. The van der Waals surface area contributed by atoms with Crippen LogP contribution < -0.4 is 0 Å². The first-order valence-corrected chi connectivity index (χ1v) is 5.89. The van der Waals surface area contributed by atoms with E-state index in [-0.39, 0.29) is 6.61 Å². The zero-order valence-corrected chi connectivity index (χ0v) is 10.6. The fourth-order valence-corrected chi connectivity index (χ4v) is 1.86. The quantitative estimate of drug-likeness (QED) is 0.938. The van der Waals surface area contributed by atoms with Crippen molar-refractivity contribution in [1.29, 1.82) is 0 Å². The molecule has 1 aromatic carbocycles. The molecule has 4 heteroatoms. The van der Waals surface area contributed by atoms with E-state index < -0.39 is 0 Å². The van der Waals surface area contributed by atoms with Crippen molar-refractivity contribution in [2.24, 2.45) is 7.05 Å². The van der Waals surface area contributed by atoms with Gasteiger partial charge in [-0.05, 0) is 12.1 Å². The van der Waals surface area contributed by atoms with Gasteiger partial charge in [0, 0.05) is 29.7 Å². The predicted octanol–water partition coefficient (Wildman–Crippen LogP) is 2.38. The Hall–Kier alpha value is -1.13. The first-order valence-electron chi connectivity index (χ1n) is 5.10. The maximum atomic E-state index is 8.90. The molecule has 0 atom stereocenters. The summed E-state index contributed by atoms with van der Waals surface area (Å²) in [5.41, 5.74) is 2.03. The second-order valence-electron chi connectivity index (χ2n) is 3.63. The summed E-state index contributed by atoms with van der Waals surface area (Å²) in [6, 6.07) is 8.04. The number of halogens is 1. The Bertz CT molecular complexity index is 476. The van der Waals surface area contributed by atoms with Crippen LogP contribution in [0.4, 0.5) is 0 Å². The molecule has 0 amide bonds. The van der Waals surface area contributed by atoms with Crippen LogP contribution in [0.1, 0.15) is 5.82 Å². The maximum Gasteiger partial charge on any atom is 0.111 e. The zero-order valence-electron chi connectivity index (χ0n) is 9.02. The average molecular weight is 281 g/mol. The molecule has 2 rings (SSSR count). The molecule has 0 aliphatic heterocycles. The smallest absolute Gasteiger partial charge is 0.111 e. The number of imidazole rings is 1. The molecule has 0 aliphatic rings. The molecular formula is C12H13BrN2O. The number of aliphatic hydroxyl groups excluding tert-OH is 1. The van der Waals surface area contributed by atoms with Crippen LogP contribution in [0.5, 0.6) is 0 Å². The van der Waals surface area contributed by atoms with Gasteiger partial charge in [0.25, 0.3) is 0 Å². The fourth-order valence-electron chi connectivity index (χ4n) is 1.60. The normalized spacial score (nSPS) is 10.7. The lowest BCUT2D eigenvalue weighted by Gasteiger charge is -1.96. The predicted molar refractivity (Wildman–Crippen MR) is 67.1 cm³/mol. The molecule has 0 radical (unpaired) electrons. The van der Waals surface area contributed by atoms with E-state index >= 15 is 0 Å². The van der Waals surface area contributed by atoms with Gasteiger partial charge in [-0.15, -0.1) is 0 Å². The molecule has 1 aromatic heterocycles. The summed E-state index contributed by atoms with van der Waals surface area (Å²) < 4.78 is 3.01. The van der Waals surface area contributed by atoms with Gasteiger partial charge in [0.15, 0.2) is 0 Å². The number of hydrogen-bond donors (Lipinski definition) is 1. The lowest BCUT2D eigenvalue weighted by molar-refractivity contribution is 0.295. The number of hydrogen-bond acceptors (Lipinski definition) is 2. The first-order chi connectivity index (χ1) is 7.70.